The summed E-state index contributed by atoms with van der Waals surface area (Å²) in [5.74, 6) is -0.242. The van der Waals surface area contributed by atoms with E-state index in [1.165, 1.54) is 5.56 Å². The first kappa shape index (κ1) is 8.48. The highest BCUT2D eigenvalue weighted by atomic mass is 16.5. The van der Waals surface area contributed by atoms with Crippen LogP contribution in [0.3, 0.4) is 0 Å². The zero-order chi connectivity index (χ0) is 10.4. The molecule has 0 fully saturated rings. The molecule has 1 atom stereocenters. The highest BCUT2D eigenvalue weighted by molar-refractivity contribution is 6.00. The van der Waals surface area contributed by atoms with E-state index in [4.69, 9.17) is 4.74 Å². The van der Waals surface area contributed by atoms with Crippen molar-refractivity contribution in [3.63, 3.8) is 0 Å². The average Bonchev–Trinajstić information content (AvgIpc) is 2.58. The van der Waals surface area contributed by atoms with Crippen molar-refractivity contribution in [2.75, 3.05) is 0 Å². The van der Waals surface area contributed by atoms with Crippen molar-refractivity contribution in [2.24, 2.45) is 0 Å². The van der Waals surface area contributed by atoms with Gasteiger partial charge in [0, 0.05) is 11.6 Å². The maximum atomic E-state index is 11.2. The van der Waals surface area contributed by atoms with Gasteiger partial charge in [0.2, 0.25) is 0 Å². The van der Waals surface area contributed by atoms with Crippen molar-refractivity contribution in [2.45, 2.75) is 13.0 Å². The van der Waals surface area contributed by atoms with Gasteiger partial charge in [0.25, 0.3) is 0 Å². The summed E-state index contributed by atoms with van der Waals surface area (Å²) >= 11 is 0. The molecule has 0 saturated carbocycles. The fraction of sp³-hybridized carbons (Fsp3) is 0.154. The molecule has 0 radical (unpaired) electrons. The predicted molar refractivity (Wildman–Crippen MR) is 58.1 cm³/mol. The number of carbonyl (C=O) groups is 1. The van der Waals surface area contributed by atoms with Crippen molar-refractivity contribution in [3.8, 4) is 0 Å². The Morgan fingerprint density at radius 1 is 1.33 bits per heavy atom. The van der Waals surface area contributed by atoms with Gasteiger partial charge in [-0.15, -0.1) is 0 Å². The van der Waals surface area contributed by atoms with Crippen LogP contribution in [0.4, 0.5) is 0 Å². The first-order chi connectivity index (χ1) is 7.24. The monoisotopic (exact) mass is 198 g/mol. The lowest BCUT2D eigenvalue weighted by atomic mass is 9.90. The van der Waals surface area contributed by atoms with Gasteiger partial charge in [0.1, 0.15) is 6.10 Å². The number of rotatable bonds is 0. The lowest BCUT2D eigenvalue weighted by Crippen LogP contribution is -2.11. The lowest BCUT2D eigenvalue weighted by molar-refractivity contribution is -0.136. The van der Waals surface area contributed by atoms with Gasteiger partial charge >= 0.3 is 5.97 Å². The van der Waals surface area contributed by atoms with Crippen LogP contribution in [0.15, 0.2) is 30.4 Å². The molecule has 1 aromatic carbocycles. The third-order valence-corrected chi connectivity index (χ3v) is 2.79. The summed E-state index contributed by atoms with van der Waals surface area (Å²) in [6.07, 6.45) is 5.35. The van der Waals surface area contributed by atoms with Crippen LogP contribution in [0.2, 0.25) is 0 Å². The van der Waals surface area contributed by atoms with Gasteiger partial charge in [-0.05, 0) is 24.1 Å². The minimum Gasteiger partial charge on any atom is -0.450 e. The van der Waals surface area contributed by atoms with Gasteiger partial charge in [0.15, 0.2) is 0 Å². The molecule has 2 aliphatic rings. The molecule has 1 aliphatic carbocycles. The molecule has 0 bridgehead atoms. The molecule has 1 aliphatic heterocycles. The van der Waals surface area contributed by atoms with E-state index in [9.17, 15) is 4.79 Å². The largest absolute Gasteiger partial charge is 0.450 e. The van der Waals surface area contributed by atoms with Crippen LogP contribution in [-0.4, -0.2) is 12.1 Å². The molecule has 2 nitrogen and oxygen atoms in total. The summed E-state index contributed by atoms with van der Waals surface area (Å²) in [5, 5.41) is 0. The second-order valence-electron chi connectivity index (χ2n) is 3.91. The molecule has 0 N–H and O–H groups in total. The molecule has 0 aromatic heterocycles. The van der Waals surface area contributed by atoms with Crippen LogP contribution in [0.1, 0.15) is 16.7 Å². The van der Waals surface area contributed by atoms with Gasteiger partial charge in [-0.1, -0.05) is 29.8 Å². The third-order valence-electron chi connectivity index (χ3n) is 2.79. The molecule has 3 rings (SSSR count). The molecule has 15 heavy (non-hydrogen) atoms. The number of aryl methyl sites for hydroxylation is 1. The maximum absolute atomic E-state index is 11.2. The standard InChI is InChI=1S/C13H10O2/c1-8-2-3-9-4-5-12-11(10(9)6-8)7-13(14)15-12/h2-7,12H,1H3. The van der Waals surface area contributed by atoms with Crippen LogP contribution >= 0.6 is 0 Å². The molecule has 1 unspecified atom stereocenters. The van der Waals surface area contributed by atoms with Crippen LogP contribution in [0.5, 0.6) is 0 Å². The van der Waals surface area contributed by atoms with Crippen molar-refractivity contribution in [1.82, 2.24) is 0 Å². The first-order valence-corrected chi connectivity index (χ1v) is 4.95. The zero-order valence-corrected chi connectivity index (χ0v) is 8.36. The Hall–Kier alpha value is -1.83. The van der Waals surface area contributed by atoms with E-state index in [-0.39, 0.29) is 12.1 Å². The Labute approximate surface area is 87.9 Å². The van der Waals surface area contributed by atoms with E-state index in [2.05, 4.69) is 18.2 Å². The summed E-state index contributed by atoms with van der Waals surface area (Å²) in [7, 11) is 0. The molecule has 1 heterocycles. The number of fused-ring (bicyclic) bond motifs is 3. The lowest BCUT2D eigenvalue weighted by Gasteiger charge is -2.17. The summed E-state index contributed by atoms with van der Waals surface area (Å²) < 4.78 is 5.14. The molecule has 1 aromatic rings. The molecule has 2 heteroatoms. The quantitative estimate of drug-likeness (QED) is 0.598. The fourth-order valence-electron chi connectivity index (χ4n) is 2.06. The summed E-state index contributed by atoms with van der Waals surface area (Å²) in [6.45, 7) is 2.05. The van der Waals surface area contributed by atoms with Gasteiger partial charge < -0.3 is 4.74 Å². The molecule has 0 spiro atoms. The van der Waals surface area contributed by atoms with Gasteiger partial charge in [-0.2, -0.15) is 0 Å². The van der Waals surface area contributed by atoms with Gasteiger partial charge in [-0.3, -0.25) is 0 Å². The van der Waals surface area contributed by atoms with Crippen LogP contribution in [0, 0.1) is 6.92 Å². The van der Waals surface area contributed by atoms with E-state index in [1.807, 2.05) is 19.1 Å². The molecule has 0 amide bonds. The van der Waals surface area contributed by atoms with E-state index in [0.717, 1.165) is 16.7 Å². The maximum Gasteiger partial charge on any atom is 0.332 e. The molecule has 0 saturated heterocycles. The Morgan fingerprint density at radius 3 is 3.07 bits per heavy atom. The van der Waals surface area contributed by atoms with E-state index in [1.54, 1.807) is 6.08 Å². The van der Waals surface area contributed by atoms with Crippen LogP contribution in [0.25, 0.3) is 11.6 Å². The van der Waals surface area contributed by atoms with Crippen LogP contribution in [-0.2, 0) is 9.53 Å². The van der Waals surface area contributed by atoms with Gasteiger partial charge in [0.05, 0.1) is 0 Å². The smallest absolute Gasteiger partial charge is 0.332 e. The number of hydrogen-bond donors (Lipinski definition) is 0. The number of hydrogen-bond acceptors (Lipinski definition) is 2. The molecular formula is C13H10O2. The minimum absolute atomic E-state index is 0.174. The van der Waals surface area contributed by atoms with Crippen LogP contribution < -0.4 is 0 Å². The van der Waals surface area contributed by atoms with Crippen molar-refractivity contribution in [1.29, 1.82) is 0 Å². The van der Waals surface area contributed by atoms with Crippen molar-refractivity contribution >= 4 is 17.6 Å². The van der Waals surface area contributed by atoms with E-state index < -0.39 is 0 Å². The van der Waals surface area contributed by atoms with Crippen molar-refractivity contribution < 1.29 is 9.53 Å². The number of carbonyl (C=O) groups excluding carboxylic acids is 1. The Morgan fingerprint density at radius 2 is 2.20 bits per heavy atom. The summed E-state index contributed by atoms with van der Waals surface area (Å²) in [4.78, 5) is 11.2. The first-order valence-electron chi connectivity index (χ1n) is 4.95. The fourth-order valence-corrected chi connectivity index (χ4v) is 2.06. The van der Waals surface area contributed by atoms with Gasteiger partial charge in [-0.25, -0.2) is 4.79 Å². The third kappa shape index (κ3) is 1.22. The zero-order valence-electron chi connectivity index (χ0n) is 8.36. The van der Waals surface area contributed by atoms with E-state index in [0.29, 0.717) is 0 Å². The van der Waals surface area contributed by atoms with Crippen molar-refractivity contribution in [3.05, 3.63) is 47.0 Å². The minimum atomic E-state index is -0.242. The average molecular weight is 198 g/mol. The summed E-state index contributed by atoms with van der Waals surface area (Å²) in [5.41, 5.74) is 4.46. The predicted octanol–water partition coefficient (Wildman–Crippen LogP) is 2.33. The number of benzene rings is 1. The number of ether oxygens (including phenoxy) is 1. The molecule has 74 valence electrons. The topological polar surface area (TPSA) is 26.3 Å². The molecular weight excluding hydrogens is 188 g/mol. The highest BCUT2D eigenvalue weighted by Gasteiger charge is 2.28. The SMILES string of the molecule is Cc1ccc2c(c1)C1=CC(=O)OC1C=C2. The Balaban J connectivity index is 2.23. The Bertz CT molecular complexity index is 509. The van der Waals surface area contributed by atoms with E-state index >= 15 is 0 Å². The Kier molecular flexibility index (Phi) is 1.60. The summed E-state index contributed by atoms with van der Waals surface area (Å²) in [6, 6.07) is 6.24. The normalized spacial score (nSPS) is 21.8. The highest BCUT2D eigenvalue weighted by Crippen LogP contribution is 2.34. The second-order valence-corrected chi connectivity index (χ2v) is 3.91. The number of esters is 1. The second kappa shape index (κ2) is 2.83.